The molecule has 2 rings (SSSR count). The van der Waals surface area contributed by atoms with Gasteiger partial charge in [0.1, 0.15) is 5.75 Å². The summed E-state index contributed by atoms with van der Waals surface area (Å²) < 4.78 is 10.7. The van der Waals surface area contributed by atoms with Crippen LogP contribution in [0.1, 0.15) is 11.1 Å². The van der Waals surface area contributed by atoms with Crippen molar-refractivity contribution in [3.05, 3.63) is 41.5 Å². The summed E-state index contributed by atoms with van der Waals surface area (Å²) in [6.45, 7) is 3.79. The summed E-state index contributed by atoms with van der Waals surface area (Å²) in [6.07, 6.45) is 0.471. The van der Waals surface area contributed by atoms with Crippen molar-refractivity contribution < 1.29 is 18.7 Å². The number of carbonyl (C=O) groups is 2. The first-order valence-corrected chi connectivity index (χ1v) is 6.63. The second-order valence-corrected chi connectivity index (χ2v) is 4.66. The monoisotopic (exact) mass is 303 g/mol. The van der Waals surface area contributed by atoms with Crippen LogP contribution < -0.4 is 20.9 Å². The number of furan rings is 1. The minimum absolute atomic E-state index is 0.125. The van der Waals surface area contributed by atoms with Gasteiger partial charge in [0.25, 0.3) is 5.91 Å². The molecule has 0 atom stereocenters. The Bertz CT molecular complexity index is 667. The van der Waals surface area contributed by atoms with E-state index in [-0.39, 0.29) is 18.4 Å². The molecule has 0 aliphatic carbocycles. The maximum absolute atomic E-state index is 11.8. The molecule has 0 fully saturated rings. The summed E-state index contributed by atoms with van der Waals surface area (Å²) >= 11 is 0. The second-order valence-electron chi connectivity index (χ2n) is 4.66. The predicted molar refractivity (Wildman–Crippen MR) is 81.6 cm³/mol. The van der Waals surface area contributed by atoms with Crippen molar-refractivity contribution in [2.75, 3.05) is 17.3 Å². The molecule has 0 radical (unpaired) electrons. The molecule has 1 heterocycles. The van der Waals surface area contributed by atoms with Gasteiger partial charge >= 0.3 is 0 Å². The number of carbonyl (C=O) groups excluding carboxylic acids is 2. The predicted octanol–water partition coefficient (Wildman–Crippen LogP) is 1.99. The molecular weight excluding hydrogens is 286 g/mol. The molecule has 1 aromatic heterocycles. The molecule has 0 saturated heterocycles. The first-order chi connectivity index (χ1) is 10.6. The third-order valence-corrected chi connectivity index (χ3v) is 2.81. The maximum Gasteiger partial charge on any atom is 0.264 e. The quantitative estimate of drug-likeness (QED) is 0.537. The first kappa shape index (κ1) is 15.4. The van der Waals surface area contributed by atoms with E-state index < -0.39 is 0 Å². The Hall–Kier alpha value is -2.96. The van der Waals surface area contributed by atoms with E-state index in [0.717, 1.165) is 11.1 Å². The summed E-state index contributed by atoms with van der Waals surface area (Å²) in [4.78, 5) is 21.9. The van der Waals surface area contributed by atoms with Crippen LogP contribution in [0.5, 0.6) is 5.75 Å². The molecule has 1 aromatic carbocycles. The third kappa shape index (κ3) is 4.27. The Morgan fingerprint density at radius 1 is 1.23 bits per heavy atom. The zero-order valence-corrected chi connectivity index (χ0v) is 12.3. The summed E-state index contributed by atoms with van der Waals surface area (Å²) in [5.74, 6) is 0.879. The molecule has 0 bridgehead atoms. The van der Waals surface area contributed by atoms with Crippen molar-refractivity contribution in [3.8, 4) is 5.75 Å². The van der Waals surface area contributed by atoms with Gasteiger partial charge in [0, 0.05) is 12.1 Å². The van der Waals surface area contributed by atoms with Gasteiger partial charge in [-0.1, -0.05) is 17.7 Å². The Morgan fingerprint density at radius 2 is 2.00 bits per heavy atom. The lowest BCUT2D eigenvalue weighted by molar-refractivity contribution is -0.118. The van der Waals surface area contributed by atoms with Gasteiger partial charge in [-0.05, 0) is 25.5 Å². The average molecular weight is 303 g/mol. The van der Waals surface area contributed by atoms with Gasteiger partial charge in [0.2, 0.25) is 18.2 Å². The van der Waals surface area contributed by atoms with Crippen molar-refractivity contribution >= 4 is 24.1 Å². The molecule has 116 valence electrons. The molecule has 2 aromatic rings. The van der Waals surface area contributed by atoms with Crippen molar-refractivity contribution in [2.45, 2.75) is 13.8 Å². The molecule has 0 aliphatic heterocycles. The Morgan fingerprint density at radius 3 is 2.73 bits per heavy atom. The highest BCUT2D eigenvalue weighted by molar-refractivity contribution is 5.90. The van der Waals surface area contributed by atoms with Crippen LogP contribution in [0.2, 0.25) is 0 Å². The van der Waals surface area contributed by atoms with Gasteiger partial charge in [-0.25, -0.2) is 0 Å². The van der Waals surface area contributed by atoms with Gasteiger partial charge in [0.15, 0.2) is 6.61 Å². The topological polar surface area (TPSA) is 92.6 Å². The number of nitrogens with one attached hydrogen (secondary N) is 3. The minimum Gasteiger partial charge on any atom is -0.483 e. The second kappa shape index (κ2) is 7.16. The van der Waals surface area contributed by atoms with Crippen LogP contribution in [0.4, 0.5) is 11.8 Å². The number of hydrazine groups is 1. The smallest absolute Gasteiger partial charge is 0.264 e. The molecule has 2 amide bonds. The van der Waals surface area contributed by atoms with Gasteiger partial charge in [-0.2, -0.15) is 0 Å². The van der Waals surface area contributed by atoms with E-state index in [1.807, 2.05) is 32.0 Å². The van der Waals surface area contributed by atoms with Crippen LogP contribution in [0, 0.1) is 13.8 Å². The number of hydrogen-bond donors (Lipinski definition) is 3. The summed E-state index contributed by atoms with van der Waals surface area (Å²) in [5.41, 5.74) is 6.82. The Labute approximate surface area is 127 Å². The highest BCUT2D eigenvalue weighted by Crippen LogP contribution is 2.19. The lowest BCUT2D eigenvalue weighted by Crippen LogP contribution is -2.20. The van der Waals surface area contributed by atoms with Crippen LogP contribution in [-0.4, -0.2) is 18.9 Å². The van der Waals surface area contributed by atoms with Gasteiger partial charge in [0.05, 0.1) is 0 Å². The molecule has 0 spiro atoms. The number of ether oxygens (including phenoxy) is 1. The SMILES string of the molecule is Cc1ccc(OCC(=O)Nc2ccc(NNC=O)o2)c(C)c1. The van der Waals surface area contributed by atoms with E-state index in [0.29, 0.717) is 18.0 Å². The molecule has 7 nitrogen and oxygen atoms in total. The van der Waals surface area contributed by atoms with E-state index in [1.165, 1.54) is 0 Å². The third-order valence-electron chi connectivity index (χ3n) is 2.81. The largest absolute Gasteiger partial charge is 0.483 e. The Balaban J connectivity index is 1.85. The van der Waals surface area contributed by atoms with Crippen LogP contribution >= 0.6 is 0 Å². The number of hydrogen-bond acceptors (Lipinski definition) is 5. The number of benzene rings is 1. The molecule has 0 saturated carbocycles. The Kier molecular flexibility index (Phi) is 5.02. The standard InChI is InChI=1S/C15H17N3O4/c1-10-3-4-12(11(2)7-10)21-8-13(20)17-14-5-6-15(22-14)18-16-9-19/h3-7,9,18H,8H2,1-2H3,(H,16,19)(H,17,20). The fourth-order valence-corrected chi connectivity index (χ4v) is 1.85. The van der Waals surface area contributed by atoms with Crippen molar-refractivity contribution in [1.29, 1.82) is 0 Å². The van der Waals surface area contributed by atoms with E-state index in [1.54, 1.807) is 12.1 Å². The fraction of sp³-hybridized carbons (Fsp3) is 0.200. The molecule has 7 heteroatoms. The summed E-state index contributed by atoms with van der Waals surface area (Å²) in [7, 11) is 0. The lowest BCUT2D eigenvalue weighted by atomic mass is 10.1. The van der Waals surface area contributed by atoms with Crippen LogP contribution in [0.3, 0.4) is 0 Å². The first-order valence-electron chi connectivity index (χ1n) is 6.63. The highest BCUT2D eigenvalue weighted by atomic mass is 16.5. The molecule has 3 N–H and O–H groups in total. The molecular formula is C15H17N3O4. The number of rotatable bonds is 7. The average Bonchev–Trinajstić information content (AvgIpc) is 2.91. The normalized spacial score (nSPS) is 9.91. The number of amides is 2. The van der Waals surface area contributed by atoms with E-state index >= 15 is 0 Å². The summed E-state index contributed by atoms with van der Waals surface area (Å²) in [6, 6.07) is 8.86. The maximum atomic E-state index is 11.8. The number of aryl methyl sites for hydroxylation is 2. The van der Waals surface area contributed by atoms with Crippen LogP contribution in [-0.2, 0) is 9.59 Å². The van der Waals surface area contributed by atoms with Gasteiger partial charge in [-0.3, -0.25) is 25.8 Å². The van der Waals surface area contributed by atoms with Crippen molar-refractivity contribution in [1.82, 2.24) is 5.43 Å². The van der Waals surface area contributed by atoms with E-state index in [2.05, 4.69) is 16.2 Å². The molecule has 0 unspecified atom stereocenters. The van der Waals surface area contributed by atoms with Gasteiger partial charge < -0.3 is 9.15 Å². The van der Waals surface area contributed by atoms with Crippen molar-refractivity contribution in [3.63, 3.8) is 0 Å². The minimum atomic E-state index is -0.343. The molecule has 0 aliphatic rings. The molecule has 22 heavy (non-hydrogen) atoms. The van der Waals surface area contributed by atoms with Crippen molar-refractivity contribution in [2.24, 2.45) is 0 Å². The van der Waals surface area contributed by atoms with E-state index in [4.69, 9.17) is 9.15 Å². The fourth-order valence-electron chi connectivity index (χ4n) is 1.85. The highest BCUT2D eigenvalue weighted by Gasteiger charge is 2.08. The lowest BCUT2D eigenvalue weighted by Gasteiger charge is -2.09. The van der Waals surface area contributed by atoms with E-state index in [9.17, 15) is 9.59 Å². The zero-order chi connectivity index (χ0) is 15.9. The van der Waals surface area contributed by atoms with Crippen LogP contribution in [0.25, 0.3) is 0 Å². The zero-order valence-electron chi connectivity index (χ0n) is 12.3. The van der Waals surface area contributed by atoms with Crippen LogP contribution in [0.15, 0.2) is 34.7 Å². The summed E-state index contributed by atoms with van der Waals surface area (Å²) in [5, 5.41) is 2.55. The van der Waals surface area contributed by atoms with Gasteiger partial charge in [-0.15, -0.1) is 0 Å². The number of anilines is 2.